The molecular weight excluding hydrogens is 258 g/mol. The quantitative estimate of drug-likeness (QED) is 0.585. The Morgan fingerprint density at radius 1 is 1.45 bits per heavy atom. The van der Waals surface area contributed by atoms with E-state index in [9.17, 15) is 10.1 Å². The number of nitrogens with zero attached hydrogens (tertiary/aromatic N) is 3. The van der Waals surface area contributed by atoms with Crippen LogP contribution < -0.4 is 11.1 Å². The number of nitro groups is 1. The Balaban J connectivity index is 2.82. The molecule has 7 nitrogen and oxygen atoms in total. The van der Waals surface area contributed by atoms with Crippen molar-refractivity contribution in [3.8, 4) is 0 Å². The van der Waals surface area contributed by atoms with Crippen LogP contribution in [0.4, 0.5) is 17.3 Å². The lowest BCUT2D eigenvalue weighted by molar-refractivity contribution is -0.384. The molecule has 0 aromatic carbocycles. The van der Waals surface area contributed by atoms with Gasteiger partial charge < -0.3 is 16.0 Å². The van der Waals surface area contributed by atoms with Gasteiger partial charge in [-0.05, 0) is 32.5 Å². The van der Waals surface area contributed by atoms with Gasteiger partial charge in [-0.1, -0.05) is 13.8 Å². The number of anilines is 2. The van der Waals surface area contributed by atoms with Crippen molar-refractivity contribution in [3.63, 3.8) is 0 Å². The zero-order valence-electron chi connectivity index (χ0n) is 12.5. The molecule has 112 valence electrons. The van der Waals surface area contributed by atoms with E-state index in [1.54, 1.807) is 6.07 Å². The summed E-state index contributed by atoms with van der Waals surface area (Å²) in [5.74, 6) is 1.05. The van der Waals surface area contributed by atoms with E-state index in [1.165, 1.54) is 6.07 Å². The van der Waals surface area contributed by atoms with Crippen LogP contribution in [-0.4, -0.2) is 41.5 Å². The first-order valence-electron chi connectivity index (χ1n) is 6.61. The molecule has 1 heterocycles. The van der Waals surface area contributed by atoms with Crippen LogP contribution in [0.15, 0.2) is 12.1 Å². The molecule has 1 unspecified atom stereocenters. The molecular formula is C13H23N5O2. The fourth-order valence-corrected chi connectivity index (χ4v) is 2.10. The Kier molecular flexibility index (Phi) is 5.69. The van der Waals surface area contributed by atoms with E-state index in [0.717, 1.165) is 13.0 Å². The van der Waals surface area contributed by atoms with Gasteiger partial charge in [0.25, 0.3) is 0 Å². The van der Waals surface area contributed by atoms with Gasteiger partial charge in [0.1, 0.15) is 5.82 Å². The number of hydrogen-bond donors (Lipinski definition) is 2. The Morgan fingerprint density at radius 2 is 2.10 bits per heavy atom. The van der Waals surface area contributed by atoms with Crippen molar-refractivity contribution in [3.05, 3.63) is 22.2 Å². The maximum Gasteiger partial charge on any atom is 0.311 e. The number of nitrogen functional groups attached to an aromatic ring is 1. The summed E-state index contributed by atoms with van der Waals surface area (Å²) in [4.78, 5) is 16.3. The number of hydrogen-bond acceptors (Lipinski definition) is 6. The van der Waals surface area contributed by atoms with Gasteiger partial charge >= 0.3 is 5.69 Å². The third-order valence-electron chi connectivity index (χ3n) is 2.79. The molecule has 7 heteroatoms. The van der Waals surface area contributed by atoms with E-state index in [-0.39, 0.29) is 17.5 Å². The number of nitrogens with two attached hydrogens (primary N) is 1. The SMILES string of the molecule is CC(C)CC(CN(C)C)Nc1ccc([N+](=O)[O-])c(N)n1. The molecule has 1 aromatic heterocycles. The Bertz CT molecular complexity index is 452. The Morgan fingerprint density at radius 3 is 2.55 bits per heavy atom. The van der Waals surface area contributed by atoms with Gasteiger partial charge in [0, 0.05) is 18.7 Å². The second-order valence-electron chi connectivity index (χ2n) is 5.59. The molecule has 0 saturated carbocycles. The molecule has 0 aliphatic carbocycles. The van der Waals surface area contributed by atoms with Crippen molar-refractivity contribution < 1.29 is 4.92 Å². The molecule has 1 rings (SSSR count). The Labute approximate surface area is 119 Å². The highest BCUT2D eigenvalue weighted by molar-refractivity contribution is 5.57. The summed E-state index contributed by atoms with van der Waals surface area (Å²) in [7, 11) is 4.01. The third-order valence-corrected chi connectivity index (χ3v) is 2.79. The van der Waals surface area contributed by atoms with E-state index in [0.29, 0.717) is 11.7 Å². The lowest BCUT2D eigenvalue weighted by Gasteiger charge is -2.24. The number of aromatic nitrogens is 1. The van der Waals surface area contributed by atoms with Crippen LogP contribution in [0.2, 0.25) is 0 Å². The smallest absolute Gasteiger partial charge is 0.311 e. The summed E-state index contributed by atoms with van der Waals surface area (Å²) in [5.41, 5.74) is 5.43. The topological polar surface area (TPSA) is 97.3 Å². The van der Waals surface area contributed by atoms with Crippen LogP contribution in [0.1, 0.15) is 20.3 Å². The summed E-state index contributed by atoms with van der Waals surface area (Å²) < 4.78 is 0. The molecule has 0 bridgehead atoms. The highest BCUT2D eigenvalue weighted by Gasteiger charge is 2.16. The monoisotopic (exact) mass is 281 g/mol. The van der Waals surface area contributed by atoms with Crippen molar-refractivity contribution in [1.29, 1.82) is 0 Å². The molecule has 0 aliphatic heterocycles. The fraction of sp³-hybridized carbons (Fsp3) is 0.615. The number of likely N-dealkylation sites (N-methyl/N-ethyl adjacent to an activating group) is 1. The highest BCUT2D eigenvalue weighted by Crippen LogP contribution is 2.21. The summed E-state index contributed by atoms with van der Waals surface area (Å²) in [6.07, 6.45) is 0.983. The van der Waals surface area contributed by atoms with Crippen molar-refractivity contribution in [2.75, 3.05) is 31.7 Å². The van der Waals surface area contributed by atoms with Gasteiger partial charge in [-0.15, -0.1) is 0 Å². The maximum atomic E-state index is 10.7. The standard InChI is InChI=1S/C13H23N5O2/c1-9(2)7-10(8-17(3)4)15-12-6-5-11(18(19)20)13(14)16-12/h5-6,9-10H,7-8H2,1-4H3,(H3,14,15,16). The van der Waals surface area contributed by atoms with Gasteiger partial charge in [-0.2, -0.15) is 0 Å². The molecule has 0 aliphatic rings. The molecule has 20 heavy (non-hydrogen) atoms. The molecule has 0 fully saturated rings. The average molecular weight is 281 g/mol. The van der Waals surface area contributed by atoms with Gasteiger partial charge in [-0.3, -0.25) is 10.1 Å². The minimum Gasteiger partial charge on any atom is -0.378 e. The molecule has 0 saturated heterocycles. The minimum atomic E-state index is -0.530. The fourth-order valence-electron chi connectivity index (χ4n) is 2.10. The summed E-state index contributed by atoms with van der Waals surface area (Å²) in [6.45, 7) is 5.17. The van der Waals surface area contributed by atoms with Crippen LogP contribution >= 0.6 is 0 Å². The molecule has 3 N–H and O–H groups in total. The molecule has 1 atom stereocenters. The number of rotatable bonds is 7. The van der Waals surface area contributed by atoms with E-state index in [4.69, 9.17) is 5.73 Å². The van der Waals surface area contributed by atoms with Gasteiger partial charge in [0.15, 0.2) is 0 Å². The first-order valence-corrected chi connectivity index (χ1v) is 6.61. The number of nitrogens with one attached hydrogen (secondary N) is 1. The summed E-state index contributed by atoms with van der Waals surface area (Å²) >= 11 is 0. The Hall–Kier alpha value is -1.89. The molecule has 1 aromatic rings. The number of pyridine rings is 1. The molecule has 0 amide bonds. The molecule has 0 radical (unpaired) electrons. The van der Waals surface area contributed by atoms with Gasteiger partial charge in [0.05, 0.1) is 4.92 Å². The summed E-state index contributed by atoms with van der Waals surface area (Å²) in [6, 6.07) is 3.20. The minimum absolute atomic E-state index is 0.0619. The van der Waals surface area contributed by atoms with Crippen LogP contribution in [0.3, 0.4) is 0 Å². The van der Waals surface area contributed by atoms with E-state index in [1.807, 2.05) is 14.1 Å². The van der Waals surface area contributed by atoms with Crippen LogP contribution in [-0.2, 0) is 0 Å². The van der Waals surface area contributed by atoms with E-state index < -0.39 is 4.92 Å². The van der Waals surface area contributed by atoms with E-state index >= 15 is 0 Å². The first kappa shape index (κ1) is 16.2. The predicted molar refractivity (Wildman–Crippen MR) is 80.7 cm³/mol. The van der Waals surface area contributed by atoms with Crippen LogP contribution in [0, 0.1) is 16.0 Å². The zero-order valence-corrected chi connectivity index (χ0v) is 12.5. The average Bonchev–Trinajstić information content (AvgIpc) is 2.26. The van der Waals surface area contributed by atoms with Gasteiger partial charge in [-0.25, -0.2) is 4.98 Å². The lowest BCUT2D eigenvalue weighted by Crippen LogP contribution is -2.33. The summed E-state index contributed by atoms with van der Waals surface area (Å²) in [5, 5.41) is 14.0. The maximum absolute atomic E-state index is 10.7. The highest BCUT2D eigenvalue weighted by atomic mass is 16.6. The van der Waals surface area contributed by atoms with Crippen molar-refractivity contribution in [2.45, 2.75) is 26.3 Å². The molecule has 0 spiro atoms. The lowest BCUT2D eigenvalue weighted by atomic mass is 10.0. The zero-order chi connectivity index (χ0) is 15.3. The largest absolute Gasteiger partial charge is 0.378 e. The van der Waals surface area contributed by atoms with Crippen molar-refractivity contribution in [1.82, 2.24) is 9.88 Å². The third kappa shape index (κ3) is 5.00. The first-order chi connectivity index (χ1) is 9.29. The normalized spacial score (nSPS) is 12.7. The van der Waals surface area contributed by atoms with Crippen molar-refractivity contribution >= 4 is 17.3 Å². The predicted octanol–water partition coefficient (Wildman–Crippen LogP) is 1.96. The second kappa shape index (κ2) is 7.04. The van der Waals surface area contributed by atoms with Crippen molar-refractivity contribution in [2.24, 2.45) is 5.92 Å². The van der Waals surface area contributed by atoms with Crippen LogP contribution in [0.5, 0.6) is 0 Å². The second-order valence-corrected chi connectivity index (χ2v) is 5.59. The van der Waals surface area contributed by atoms with Crippen LogP contribution in [0.25, 0.3) is 0 Å². The van der Waals surface area contributed by atoms with Gasteiger partial charge in [0.2, 0.25) is 5.82 Å². The van der Waals surface area contributed by atoms with E-state index in [2.05, 4.69) is 29.0 Å².